The molecular formula is C23H25N3O2. The maximum absolute atomic E-state index is 12.5. The molecule has 0 spiro atoms. The number of anilines is 2. The molecule has 1 aromatic heterocycles. The molecule has 0 saturated carbocycles. The summed E-state index contributed by atoms with van der Waals surface area (Å²) in [7, 11) is 1.65. The van der Waals surface area contributed by atoms with Gasteiger partial charge in [-0.15, -0.1) is 0 Å². The van der Waals surface area contributed by atoms with E-state index in [1.807, 2.05) is 48.5 Å². The van der Waals surface area contributed by atoms with Crippen LogP contribution in [-0.4, -0.2) is 24.5 Å². The number of methoxy groups -OCH3 is 1. The van der Waals surface area contributed by atoms with Gasteiger partial charge in [0.25, 0.3) is 5.91 Å². The highest BCUT2D eigenvalue weighted by Crippen LogP contribution is 2.21. The van der Waals surface area contributed by atoms with Crippen LogP contribution in [0.25, 0.3) is 0 Å². The van der Waals surface area contributed by atoms with E-state index in [1.165, 1.54) is 5.56 Å². The Morgan fingerprint density at radius 3 is 2.75 bits per heavy atom. The van der Waals surface area contributed by atoms with Gasteiger partial charge >= 0.3 is 0 Å². The Kier molecular flexibility index (Phi) is 6.63. The number of hydrogen-bond acceptors (Lipinski definition) is 4. The lowest BCUT2D eigenvalue weighted by Crippen LogP contribution is -2.25. The van der Waals surface area contributed by atoms with E-state index in [0.717, 1.165) is 35.5 Å². The Hall–Kier alpha value is -3.34. The van der Waals surface area contributed by atoms with Crippen LogP contribution < -0.4 is 15.4 Å². The summed E-state index contributed by atoms with van der Waals surface area (Å²) in [4.78, 5) is 16.7. The standard InChI is InChI=1S/C23H25N3O2/c1-3-18-8-4-5-10-22(18)26-20-14-19(15-24-16-20)23(27)25-12-11-17-7-6-9-21(13-17)28-2/h4-10,13-16,26H,3,11-12H2,1-2H3,(H,25,27). The number of aryl methyl sites for hydroxylation is 1. The highest BCUT2D eigenvalue weighted by Gasteiger charge is 2.08. The summed E-state index contributed by atoms with van der Waals surface area (Å²) in [5, 5.41) is 6.31. The Labute approximate surface area is 165 Å². The number of amides is 1. The van der Waals surface area contributed by atoms with Crippen LogP contribution in [0.2, 0.25) is 0 Å². The van der Waals surface area contributed by atoms with E-state index in [-0.39, 0.29) is 5.91 Å². The number of hydrogen-bond donors (Lipinski definition) is 2. The fourth-order valence-corrected chi connectivity index (χ4v) is 2.99. The van der Waals surface area contributed by atoms with Crippen LogP contribution in [0, 0.1) is 0 Å². The number of benzene rings is 2. The predicted molar refractivity (Wildman–Crippen MR) is 112 cm³/mol. The lowest BCUT2D eigenvalue weighted by atomic mass is 10.1. The van der Waals surface area contributed by atoms with Gasteiger partial charge in [-0.05, 0) is 48.2 Å². The van der Waals surface area contributed by atoms with Gasteiger partial charge in [-0.1, -0.05) is 37.3 Å². The zero-order chi connectivity index (χ0) is 19.8. The molecule has 0 fully saturated rings. The average Bonchev–Trinajstić information content (AvgIpc) is 2.74. The fraction of sp³-hybridized carbons (Fsp3) is 0.217. The molecule has 0 bridgehead atoms. The number of nitrogens with zero attached hydrogens (tertiary/aromatic N) is 1. The van der Waals surface area contributed by atoms with Crippen LogP contribution in [0.15, 0.2) is 67.0 Å². The van der Waals surface area contributed by atoms with Gasteiger partial charge in [0.1, 0.15) is 5.75 Å². The highest BCUT2D eigenvalue weighted by atomic mass is 16.5. The van der Waals surface area contributed by atoms with E-state index < -0.39 is 0 Å². The number of pyridine rings is 1. The quantitative estimate of drug-likeness (QED) is 0.614. The number of para-hydroxylation sites is 1. The first kappa shape index (κ1) is 19.4. The molecule has 0 radical (unpaired) electrons. The van der Waals surface area contributed by atoms with Gasteiger partial charge in [-0.2, -0.15) is 0 Å². The van der Waals surface area contributed by atoms with E-state index in [1.54, 1.807) is 19.5 Å². The van der Waals surface area contributed by atoms with Crippen molar-refractivity contribution in [3.63, 3.8) is 0 Å². The largest absolute Gasteiger partial charge is 0.497 e. The van der Waals surface area contributed by atoms with Crippen molar-refractivity contribution in [1.29, 1.82) is 0 Å². The van der Waals surface area contributed by atoms with Crippen LogP contribution in [0.4, 0.5) is 11.4 Å². The molecule has 144 valence electrons. The Balaban J connectivity index is 1.60. The third-order valence-electron chi connectivity index (χ3n) is 4.51. The van der Waals surface area contributed by atoms with Crippen LogP contribution in [0.1, 0.15) is 28.4 Å². The number of ether oxygens (including phenoxy) is 1. The van der Waals surface area contributed by atoms with Crippen molar-refractivity contribution in [3.8, 4) is 5.75 Å². The third kappa shape index (κ3) is 5.10. The smallest absolute Gasteiger partial charge is 0.252 e. The Morgan fingerprint density at radius 1 is 1.07 bits per heavy atom. The highest BCUT2D eigenvalue weighted by molar-refractivity contribution is 5.94. The van der Waals surface area contributed by atoms with E-state index in [4.69, 9.17) is 4.74 Å². The number of aromatic nitrogens is 1. The van der Waals surface area contributed by atoms with E-state index in [2.05, 4.69) is 28.6 Å². The van der Waals surface area contributed by atoms with Crippen molar-refractivity contribution >= 4 is 17.3 Å². The fourth-order valence-electron chi connectivity index (χ4n) is 2.99. The minimum Gasteiger partial charge on any atom is -0.497 e. The molecule has 3 rings (SSSR count). The van der Waals surface area contributed by atoms with Crippen molar-refractivity contribution < 1.29 is 9.53 Å². The minimum atomic E-state index is -0.136. The van der Waals surface area contributed by atoms with Crippen molar-refractivity contribution in [2.24, 2.45) is 0 Å². The Morgan fingerprint density at radius 2 is 1.93 bits per heavy atom. The second-order valence-electron chi connectivity index (χ2n) is 6.46. The number of nitrogens with one attached hydrogen (secondary N) is 2. The lowest BCUT2D eigenvalue weighted by Gasteiger charge is -2.12. The molecule has 0 atom stereocenters. The third-order valence-corrected chi connectivity index (χ3v) is 4.51. The molecule has 2 N–H and O–H groups in total. The summed E-state index contributed by atoms with van der Waals surface area (Å²) in [6.45, 7) is 2.66. The maximum Gasteiger partial charge on any atom is 0.252 e. The van der Waals surface area contributed by atoms with Gasteiger partial charge in [0.2, 0.25) is 0 Å². The molecule has 1 amide bonds. The summed E-state index contributed by atoms with van der Waals surface area (Å²) in [6, 6.07) is 17.8. The van der Waals surface area contributed by atoms with Crippen LogP contribution in [0.3, 0.4) is 0 Å². The topological polar surface area (TPSA) is 63.2 Å². The molecule has 2 aromatic carbocycles. The first-order chi connectivity index (χ1) is 13.7. The minimum absolute atomic E-state index is 0.136. The van der Waals surface area contributed by atoms with Crippen molar-refractivity contribution in [2.75, 3.05) is 19.0 Å². The molecule has 0 unspecified atom stereocenters. The molecule has 5 heteroatoms. The molecule has 0 aliphatic rings. The van der Waals surface area contributed by atoms with Gasteiger partial charge in [0, 0.05) is 18.4 Å². The van der Waals surface area contributed by atoms with Gasteiger partial charge in [-0.25, -0.2) is 0 Å². The van der Waals surface area contributed by atoms with Gasteiger partial charge < -0.3 is 15.4 Å². The number of carbonyl (C=O) groups excluding carboxylic acids is 1. The number of rotatable bonds is 8. The van der Waals surface area contributed by atoms with Crippen LogP contribution >= 0.6 is 0 Å². The maximum atomic E-state index is 12.5. The predicted octanol–water partition coefficient (Wildman–Crippen LogP) is 4.37. The van der Waals surface area contributed by atoms with Crippen LogP contribution in [-0.2, 0) is 12.8 Å². The molecule has 5 nitrogen and oxygen atoms in total. The zero-order valence-corrected chi connectivity index (χ0v) is 16.2. The summed E-state index contributed by atoms with van der Waals surface area (Å²) in [5.74, 6) is 0.682. The molecule has 0 saturated heterocycles. The normalized spacial score (nSPS) is 10.4. The summed E-state index contributed by atoms with van der Waals surface area (Å²) in [5.41, 5.74) is 4.69. The van der Waals surface area contributed by atoms with Gasteiger partial charge in [-0.3, -0.25) is 9.78 Å². The SMILES string of the molecule is CCc1ccccc1Nc1cncc(C(=O)NCCc2cccc(OC)c2)c1. The van der Waals surface area contributed by atoms with Gasteiger partial charge in [0.05, 0.1) is 24.6 Å². The summed E-state index contributed by atoms with van der Waals surface area (Å²) in [6.07, 6.45) is 4.97. The molecule has 0 aliphatic heterocycles. The van der Waals surface area contributed by atoms with Crippen molar-refractivity contribution in [1.82, 2.24) is 10.3 Å². The van der Waals surface area contributed by atoms with E-state index in [0.29, 0.717) is 12.1 Å². The molecular weight excluding hydrogens is 350 g/mol. The molecule has 0 aliphatic carbocycles. The second-order valence-corrected chi connectivity index (χ2v) is 6.46. The molecule has 28 heavy (non-hydrogen) atoms. The first-order valence-electron chi connectivity index (χ1n) is 9.40. The van der Waals surface area contributed by atoms with E-state index in [9.17, 15) is 4.79 Å². The lowest BCUT2D eigenvalue weighted by molar-refractivity contribution is 0.0954. The monoisotopic (exact) mass is 375 g/mol. The van der Waals surface area contributed by atoms with Crippen molar-refractivity contribution in [3.05, 3.63) is 83.7 Å². The van der Waals surface area contributed by atoms with Gasteiger partial charge in [0.15, 0.2) is 0 Å². The first-order valence-corrected chi connectivity index (χ1v) is 9.40. The summed E-state index contributed by atoms with van der Waals surface area (Å²) < 4.78 is 5.23. The average molecular weight is 375 g/mol. The van der Waals surface area contributed by atoms with Crippen molar-refractivity contribution in [2.45, 2.75) is 19.8 Å². The Bertz CT molecular complexity index is 940. The zero-order valence-electron chi connectivity index (χ0n) is 16.2. The van der Waals surface area contributed by atoms with Crippen LogP contribution in [0.5, 0.6) is 5.75 Å². The molecule has 3 aromatic rings. The summed E-state index contributed by atoms with van der Waals surface area (Å²) >= 11 is 0. The second kappa shape index (κ2) is 9.55. The number of carbonyl (C=O) groups is 1. The van der Waals surface area contributed by atoms with E-state index >= 15 is 0 Å². The molecule has 1 heterocycles.